The first-order valence-electron chi connectivity index (χ1n) is 27.3. The fourth-order valence-corrected chi connectivity index (χ4v) is 9.60. The van der Waals surface area contributed by atoms with Gasteiger partial charge in [-0.25, -0.2) is 14.4 Å². The minimum absolute atomic E-state index is 0.0305. The summed E-state index contributed by atoms with van der Waals surface area (Å²) in [5.74, 6) is -15.5. The maximum absolute atomic E-state index is 14.1. The van der Waals surface area contributed by atoms with E-state index in [0.29, 0.717) is 17.7 Å². The van der Waals surface area contributed by atoms with Crippen molar-refractivity contribution in [3.05, 3.63) is 0 Å². The highest BCUT2D eigenvalue weighted by molar-refractivity contribution is 6.00. The minimum atomic E-state index is -2.77. The van der Waals surface area contributed by atoms with Gasteiger partial charge in [0.1, 0.15) is 48.4 Å². The topological polar surface area (TPSA) is 482 Å². The number of aliphatic hydroxyl groups is 5. The van der Waals surface area contributed by atoms with Crippen molar-refractivity contribution in [1.82, 2.24) is 41.7 Å². The van der Waals surface area contributed by atoms with Crippen molar-refractivity contribution in [2.75, 3.05) is 26.2 Å². The third-order valence-electron chi connectivity index (χ3n) is 14.0. The molecule has 3 saturated heterocycles. The Kier molecular flexibility index (Phi) is 28.5. The lowest BCUT2D eigenvalue weighted by atomic mass is 10.0. The van der Waals surface area contributed by atoms with Gasteiger partial charge in [-0.3, -0.25) is 43.3 Å². The Morgan fingerprint density at radius 2 is 1.21 bits per heavy atom. The summed E-state index contributed by atoms with van der Waals surface area (Å²) in [5.41, 5.74) is 10.9. The van der Waals surface area contributed by atoms with E-state index in [1.807, 2.05) is 16.0 Å². The van der Waals surface area contributed by atoms with Gasteiger partial charge in [0.05, 0.1) is 25.2 Å². The quantitative estimate of drug-likeness (QED) is 0.0209. The van der Waals surface area contributed by atoms with Gasteiger partial charge in [-0.1, -0.05) is 71.1 Å². The van der Waals surface area contributed by atoms with Gasteiger partial charge in [0, 0.05) is 19.6 Å². The number of carboxylic acid groups (broad SMARTS) is 2. The second-order valence-corrected chi connectivity index (χ2v) is 20.4. The summed E-state index contributed by atoms with van der Waals surface area (Å²) >= 11 is 0. The lowest BCUT2D eigenvalue weighted by Crippen LogP contribution is -2.64. The molecule has 3 rings (SSSR count). The Morgan fingerprint density at radius 3 is 1.79 bits per heavy atom. The zero-order chi connectivity index (χ0) is 59.8. The zero-order valence-electron chi connectivity index (χ0n) is 45.6. The number of ether oxygens (including phenoxy) is 1. The first-order valence-corrected chi connectivity index (χ1v) is 27.3. The predicted octanol–water partition coefficient (Wildman–Crippen LogP) is -4.80. The van der Waals surface area contributed by atoms with Crippen LogP contribution >= 0.6 is 0 Å². The van der Waals surface area contributed by atoms with Crippen molar-refractivity contribution in [2.45, 2.75) is 215 Å². The standard InChI is InChI=1S/C50H83N11O19/c1-4-5-6-7-8-9-10-11-12-13-14-17-28-24-33(65)57-34(27(3)63)42(70)54-26(2)45(73)60-22-16-19-31(60)41(69)55-29(18-15-21-53-50(51)52)40(68)58-35(38(66)47(75)76)43(71)56-30(25-62)46(74)61-23-20-32(64)37(61)44(72)59-36(49(79)80-28)39(67)48(77)78/h26-32,34-39,62-64,66-67H,4-25H2,1-3H3,(H,54,70)(H,55,69)(H,56,71)(H,57,65)(H,58,68)(H,59,72)(H,75,76)(H,77,78)(H4,51,52,53)/t26-,27+,28?,29-,30-,31-,32-,34-,35-,36+,37-,38?,39?/m0/s1. The molecular formula is C50H83N11O19. The molecule has 0 aliphatic carbocycles. The van der Waals surface area contributed by atoms with Crippen molar-refractivity contribution in [1.29, 1.82) is 0 Å². The summed E-state index contributed by atoms with van der Waals surface area (Å²) in [7, 11) is 0. The zero-order valence-corrected chi connectivity index (χ0v) is 45.6. The van der Waals surface area contributed by atoms with Crippen LogP contribution in [-0.2, 0) is 57.5 Å². The number of hydrogen-bond donors (Lipinski definition) is 15. The summed E-state index contributed by atoms with van der Waals surface area (Å²) in [6.07, 6.45) is -1.30. The number of cyclic esters (lactones) is 1. The Balaban J connectivity index is 2.10. The second-order valence-electron chi connectivity index (χ2n) is 20.4. The fourth-order valence-electron chi connectivity index (χ4n) is 9.60. The molecule has 0 saturated carbocycles. The molecule has 0 aromatic carbocycles. The number of unbranched alkanes of at least 4 members (excludes halogenated alkanes) is 10. The molecule has 3 heterocycles. The number of guanidine groups is 1. The van der Waals surface area contributed by atoms with Gasteiger partial charge in [0.15, 0.2) is 24.2 Å². The molecule has 30 nitrogen and oxygen atoms in total. The van der Waals surface area contributed by atoms with Gasteiger partial charge in [-0.05, 0) is 58.8 Å². The van der Waals surface area contributed by atoms with Crippen LogP contribution in [0.1, 0.15) is 136 Å². The van der Waals surface area contributed by atoms with Crippen molar-refractivity contribution >= 4 is 71.1 Å². The number of aliphatic hydroxyl groups excluding tert-OH is 5. The van der Waals surface area contributed by atoms with Crippen LogP contribution < -0.4 is 43.4 Å². The number of nitrogens with zero attached hydrogens (tertiary/aromatic N) is 3. The fraction of sp³-hybridized carbons (Fsp3) is 0.760. The summed E-state index contributed by atoms with van der Waals surface area (Å²) < 4.78 is 5.61. The molecule has 3 unspecified atom stereocenters. The molecule has 3 fully saturated rings. The number of nitrogens with one attached hydrogen (secondary N) is 6. The molecule has 0 radical (unpaired) electrons. The first-order chi connectivity index (χ1) is 37.8. The van der Waals surface area contributed by atoms with Crippen molar-refractivity contribution < 1.29 is 93.2 Å². The molecule has 17 N–H and O–H groups in total. The van der Waals surface area contributed by atoms with E-state index < -0.39 is 164 Å². The average molecular weight is 1140 g/mol. The number of aliphatic carboxylic acids is 2. The molecule has 8 amide bonds. The molecular weight excluding hydrogens is 1060 g/mol. The van der Waals surface area contributed by atoms with Crippen LogP contribution in [0, 0.1) is 0 Å². The van der Waals surface area contributed by atoms with Gasteiger partial charge >= 0.3 is 17.9 Å². The van der Waals surface area contributed by atoms with Crippen molar-refractivity contribution in [3.63, 3.8) is 0 Å². The number of hydrogen-bond acceptors (Lipinski definition) is 18. The number of aliphatic imine (C=N–C) groups is 1. The number of esters is 1. The molecule has 452 valence electrons. The van der Waals surface area contributed by atoms with E-state index in [1.54, 1.807) is 0 Å². The molecule has 13 atom stereocenters. The number of nitrogens with two attached hydrogens (primary N) is 2. The number of rotatable bonds is 22. The lowest BCUT2D eigenvalue weighted by molar-refractivity contribution is -0.165. The second kappa shape index (κ2) is 33.7. The number of carbonyl (C=O) groups excluding carboxylic acids is 9. The SMILES string of the molecule is CCCCCCCCCCCCCC1CC(=O)N[C@@H]([C@@H](C)O)C(=O)N[C@@H](C)C(=O)N2CCC[C@H]2C(=O)N[C@@H](CCCN=C(N)N)C(=O)N[C@@H](C(O)C(=O)O)C(=O)N[C@@H](CO)C(=O)N2CC[C@H](O)[C@H]2C(=O)N[C@H](C(O)C(=O)O)C(=O)O1. The van der Waals surface area contributed by atoms with Crippen LogP contribution in [0.25, 0.3) is 0 Å². The molecule has 0 aromatic rings. The van der Waals surface area contributed by atoms with Gasteiger partial charge in [0.2, 0.25) is 47.3 Å². The molecule has 3 aliphatic heterocycles. The summed E-state index contributed by atoms with van der Waals surface area (Å²) in [6.45, 7) is 2.62. The minimum Gasteiger partial charge on any atom is -0.479 e. The van der Waals surface area contributed by atoms with E-state index in [2.05, 4.69) is 27.9 Å². The van der Waals surface area contributed by atoms with Crippen LogP contribution in [-0.4, -0.2) is 222 Å². The van der Waals surface area contributed by atoms with Crippen molar-refractivity contribution in [2.24, 2.45) is 16.5 Å². The van der Waals surface area contributed by atoms with E-state index in [0.717, 1.165) is 63.2 Å². The third kappa shape index (κ3) is 20.7. The first kappa shape index (κ1) is 67.5. The van der Waals surface area contributed by atoms with E-state index in [1.165, 1.54) is 13.3 Å². The Labute approximate surface area is 462 Å². The molecule has 3 aliphatic rings. The molecule has 80 heavy (non-hydrogen) atoms. The number of fused-ring (bicyclic) bond motifs is 2. The van der Waals surface area contributed by atoms with Gasteiger partial charge < -0.3 is 93.7 Å². The average Bonchev–Trinajstić information content (AvgIpc) is 4.06. The summed E-state index contributed by atoms with van der Waals surface area (Å²) in [4.78, 5) is 155. The summed E-state index contributed by atoms with van der Waals surface area (Å²) in [6, 6.07) is -15.3. The Hall–Kier alpha value is -6.76. The molecule has 30 heteroatoms. The maximum Gasteiger partial charge on any atom is 0.335 e. The highest BCUT2D eigenvalue weighted by Crippen LogP contribution is 2.23. The Bertz CT molecular complexity index is 2180. The van der Waals surface area contributed by atoms with Crippen LogP contribution in [0.15, 0.2) is 4.99 Å². The third-order valence-corrected chi connectivity index (χ3v) is 14.0. The molecule has 0 bridgehead atoms. The lowest BCUT2D eigenvalue weighted by Gasteiger charge is -2.32. The number of carboxylic acids is 2. The van der Waals surface area contributed by atoms with Gasteiger partial charge in [0.25, 0.3) is 0 Å². The van der Waals surface area contributed by atoms with Crippen LogP contribution in [0.4, 0.5) is 0 Å². The Morgan fingerprint density at radius 1 is 0.650 bits per heavy atom. The maximum atomic E-state index is 14.1. The highest BCUT2D eigenvalue weighted by Gasteiger charge is 2.47. The van der Waals surface area contributed by atoms with Gasteiger partial charge in [-0.2, -0.15) is 0 Å². The largest absolute Gasteiger partial charge is 0.479 e. The van der Waals surface area contributed by atoms with E-state index in [9.17, 15) is 88.5 Å². The molecule has 0 spiro atoms. The predicted molar refractivity (Wildman–Crippen MR) is 280 cm³/mol. The van der Waals surface area contributed by atoms with Crippen LogP contribution in [0.3, 0.4) is 0 Å². The highest BCUT2D eigenvalue weighted by atomic mass is 16.5. The van der Waals surface area contributed by atoms with Crippen LogP contribution in [0.2, 0.25) is 0 Å². The number of carbonyl (C=O) groups is 11. The summed E-state index contributed by atoms with van der Waals surface area (Å²) in [5, 5.41) is 86.6. The van der Waals surface area contributed by atoms with E-state index in [4.69, 9.17) is 16.2 Å². The van der Waals surface area contributed by atoms with Gasteiger partial charge in [-0.15, -0.1) is 0 Å². The van der Waals surface area contributed by atoms with E-state index >= 15 is 0 Å². The smallest absolute Gasteiger partial charge is 0.335 e. The van der Waals surface area contributed by atoms with E-state index in [-0.39, 0.29) is 57.6 Å². The number of amides is 8. The van der Waals surface area contributed by atoms with Crippen molar-refractivity contribution in [3.8, 4) is 0 Å². The normalized spacial score (nSPS) is 27.5. The molecule has 0 aromatic heterocycles. The monoisotopic (exact) mass is 1140 g/mol. The van der Waals surface area contributed by atoms with Crippen LogP contribution in [0.5, 0.6) is 0 Å².